The molecule has 4 bridgehead atoms. The summed E-state index contributed by atoms with van der Waals surface area (Å²) in [6.45, 7) is 0.492. The summed E-state index contributed by atoms with van der Waals surface area (Å²) in [5.74, 6) is 1.36. The van der Waals surface area contributed by atoms with Crippen molar-refractivity contribution in [2.75, 3.05) is 18.5 Å². The van der Waals surface area contributed by atoms with Gasteiger partial charge < -0.3 is 25.6 Å². The third-order valence-corrected chi connectivity index (χ3v) is 7.94. The first-order valence-corrected chi connectivity index (χ1v) is 12.6. The zero-order valence-corrected chi connectivity index (χ0v) is 20.2. The highest BCUT2D eigenvalue weighted by Gasteiger charge is 2.56. The first-order valence-electron chi connectivity index (χ1n) is 11.8. The number of hydrogen-bond donors (Lipinski definition) is 4. The van der Waals surface area contributed by atoms with E-state index in [0.29, 0.717) is 35.4 Å². The van der Waals surface area contributed by atoms with E-state index in [0.717, 1.165) is 36.6 Å². The van der Waals surface area contributed by atoms with Crippen molar-refractivity contribution in [2.24, 2.45) is 11.8 Å². The fraction of sp³-hybridized carbons (Fsp3) is 0.500. The molecule has 176 valence electrons. The molecule has 0 spiro atoms. The average Bonchev–Trinajstić information content (AvgIpc) is 2.76. The fourth-order valence-electron chi connectivity index (χ4n) is 6.51. The minimum Gasteiger partial charge on any atom is -0.490 e. The first-order chi connectivity index (χ1) is 15.8. The van der Waals surface area contributed by atoms with E-state index in [4.69, 9.17) is 4.74 Å². The largest absolute Gasteiger partial charge is 0.490 e. The van der Waals surface area contributed by atoms with Crippen molar-refractivity contribution in [1.29, 1.82) is 0 Å². The maximum Gasteiger partial charge on any atom is 0.259 e. The van der Waals surface area contributed by atoms with Gasteiger partial charge in [-0.25, -0.2) is 0 Å². The highest BCUT2D eigenvalue weighted by atomic mass is 79.9. The van der Waals surface area contributed by atoms with Crippen molar-refractivity contribution in [2.45, 2.75) is 55.8 Å². The number of anilines is 1. The Balaban J connectivity index is 1.16. The van der Waals surface area contributed by atoms with Gasteiger partial charge in [0, 0.05) is 22.2 Å². The molecule has 4 aliphatic rings. The van der Waals surface area contributed by atoms with E-state index in [9.17, 15) is 15.0 Å². The quantitative estimate of drug-likeness (QED) is 0.425. The lowest BCUT2D eigenvalue weighted by atomic mass is 9.51. The summed E-state index contributed by atoms with van der Waals surface area (Å²) >= 11 is 3.39. The number of ether oxygens (including phenoxy) is 1. The summed E-state index contributed by atoms with van der Waals surface area (Å²) < 4.78 is 6.80. The van der Waals surface area contributed by atoms with Crippen LogP contribution < -0.4 is 15.4 Å². The number of hydrogen-bond acceptors (Lipinski definition) is 5. The van der Waals surface area contributed by atoms with Gasteiger partial charge in [0.2, 0.25) is 0 Å². The van der Waals surface area contributed by atoms with Gasteiger partial charge in [0.15, 0.2) is 0 Å². The van der Waals surface area contributed by atoms with Gasteiger partial charge in [-0.15, -0.1) is 0 Å². The number of rotatable bonds is 8. The van der Waals surface area contributed by atoms with Crippen LogP contribution in [0.1, 0.15) is 48.9 Å². The standard InChI is InChI=1S/C26H31BrN2O4/c27-19-5-7-20(8-6-19)29-24(31)22-3-1-2-4-23(22)33-15-21(30)14-28-25-10-17-9-18(11-25)13-26(32,12-17)16-25/h1-8,17-18,21,28,30,32H,9-16H2,(H,29,31). The molecule has 7 heteroatoms. The van der Waals surface area contributed by atoms with E-state index in [1.54, 1.807) is 18.2 Å². The average molecular weight is 515 g/mol. The van der Waals surface area contributed by atoms with Crippen molar-refractivity contribution in [3.05, 3.63) is 58.6 Å². The third-order valence-electron chi connectivity index (χ3n) is 7.41. The molecular weight excluding hydrogens is 484 g/mol. The minimum atomic E-state index is -0.713. The molecule has 6 nitrogen and oxygen atoms in total. The highest BCUT2D eigenvalue weighted by molar-refractivity contribution is 9.10. The third kappa shape index (κ3) is 5.11. The molecule has 6 rings (SSSR count). The van der Waals surface area contributed by atoms with Gasteiger partial charge in [0.05, 0.1) is 11.2 Å². The van der Waals surface area contributed by atoms with Crippen LogP contribution in [0.3, 0.4) is 0 Å². The van der Waals surface area contributed by atoms with Crippen molar-refractivity contribution in [3.8, 4) is 5.75 Å². The fourth-order valence-corrected chi connectivity index (χ4v) is 6.78. The van der Waals surface area contributed by atoms with Crippen LogP contribution in [0.15, 0.2) is 53.0 Å². The van der Waals surface area contributed by atoms with Gasteiger partial charge in [-0.1, -0.05) is 28.1 Å². The molecule has 0 aromatic heterocycles. The van der Waals surface area contributed by atoms with Crippen molar-refractivity contribution < 1.29 is 19.7 Å². The number of aliphatic hydroxyl groups is 2. The summed E-state index contributed by atoms with van der Waals surface area (Å²) in [6, 6.07) is 14.4. The molecule has 33 heavy (non-hydrogen) atoms. The zero-order valence-electron chi connectivity index (χ0n) is 18.6. The first kappa shape index (κ1) is 22.8. The number of benzene rings is 2. The Morgan fingerprint density at radius 2 is 1.79 bits per heavy atom. The normalized spacial score (nSPS) is 30.8. The molecule has 0 saturated heterocycles. The Morgan fingerprint density at radius 3 is 2.48 bits per heavy atom. The van der Waals surface area contributed by atoms with Gasteiger partial charge in [0.1, 0.15) is 18.5 Å². The number of carbonyl (C=O) groups excluding carboxylic acids is 1. The molecule has 0 aliphatic heterocycles. The van der Waals surface area contributed by atoms with E-state index in [-0.39, 0.29) is 18.1 Å². The molecule has 2 aromatic carbocycles. The maximum atomic E-state index is 12.8. The highest BCUT2D eigenvalue weighted by Crippen LogP contribution is 2.57. The SMILES string of the molecule is O=C(Nc1ccc(Br)cc1)c1ccccc1OCC(O)CNC12CC3CC(CC(O)(C3)C1)C2. The number of amides is 1. The van der Waals surface area contributed by atoms with E-state index < -0.39 is 11.7 Å². The number of halogens is 1. The van der Waals surface area contributed by atoms with Gasteiger partial charge in [-0.2, -0.15) is 0 Å². The zero-order chi connectivity index (χ0) is 23.1. The molecule has 4 saturated carbocycles. The van der Waals surface area contributed by atoms with E-state index in [1.165, 1.54) is 6.42 Å². The second kappa shape index (κ2) is 9.02. The predicted molar refractivity (Wildman–Crippen MR) is 130 cm³/mol. The molecule has 2 aromatic rings. The molecule has 0 radical (unpaired) electrons. The van der Waals surface area contributed by atoms with Crippen LogP contribution in [0.25, 0.3) is 0 Å². The van der Waals surface area contributed by atoms with Gasteiger partial charge in [0.25, 0.3) is 5.91 Å². The lowest BCUT2D eigenvalue weighted by Crippen LogP contribution is -2.65. The van der Waals surface area contributed by atoms with Crippen molar-refractivity contribution in [1.82, 2.24) is 5.32 Å². The smallest absolute Gasteiger partial charge is 0.259 e. The monoisotopic (exact) mass is 514 g/mol. The lowest BCUT2D eigenvalue weighted by Gasteiger charge is -2.60. The van der Waals surface area contributed by atoms with Crippen LogP contribution in [0, 0.1) is 11.8 Å². The lowest BCUT2D eigenvalue weighted by molar-refractivity contribution is -0.143. The van der Waals surface area contributed by atoms with Crippen LogP contribution in [0.4, 0.5) is 5.69 Å². The second-order valence-electron chi connectivity index (χ2n) is 10.3. The number of nitrogens with one attached hydrogen (secondary N) is 2. The van der Waals surface area contributed by atoms with Crippen LogP contribution in [0.5, 0.6) is 5.75 Å². The second-order valence-corrected chi connectivity index (χ2v) is 11.2. The molecule has 3 unspecified atom stereocenters. The van der Waals surface area contributed by atoms with Crippen LogP contribution in [-0.4, -0.2) is 46.5 Å². The van der Waals surface area contributed by atoms with Crippen molar-refractivity contribution >= 4 is 27.5 Å². The summed E-state index contributed by atoms with van der Waals surface area (Å²) in [4.78, 5) is 12.8. The minimum absolute atomic E-state index is 0.0672. The Bertz CT molecular complexity index is 998. The molecule has 0 heterocycles. The summed E-state index contributed by atoms with van der Waals surface area (Å²) in [5.41, 5.74) is 0.519. The number of β-amino-alcohol motifs (C(OH)–C–C–N with tert-alkyl or cyclic N) is 1. The Morgan fingerprint density at radius 1 is 1.09 bits per heavy atom. The van der Waals surface area contributed by atoms with E-state index >= 15 is 0 Å². The van der Waals surface area contributed by atoms with E-state index in [2.05, 4.69) is 26.6 Å². The maximum absolute atomic E-state index is 12.8. The summed E-state index contributed by atoms with van der Waals surface area (Å²) in [6.07, 6.45) is 5.32. The Hall–Kier alpha value is -1.93. The van der Waals surface area contributed by atoms with E-state index in [1.807, 2.05) is 30.3 Å². The van der Waals surface area contributed by atoms with Gasteiger partial charge in [-0.05, 0) is 86.8 Å². The topological polar surface area (TPSA) is 90.8 Å². The number of carbonyl (C=O) groups is 1. The Labute approximate surface area is 202 Å². The summed E-state index contributed by atoms with van der Waals surface area (Å²) in [5, 5.41) is 28.0. The molecule has 3 atom stereocenters. The number of para-hydroxylation sites is 1. The number of aliphatic hydroxyl groups excluding tert-OH is 1. The van der Waals surface area contributed by atoms with Crippen LogP contribution in [-0.2, 0) is 0 Å². The molecule has 4 fully saturated rings. The van der Waals surface area contributed by atoms with Crippen LogP contribution in [0.2, 0.25) is 0 Å². The van der Waals surface area contributed by atoms with Gasteiger partial charge in [-0.3, -0.25) is 4.79 Å². The van der Waals surface area contributed by atoms with Gasteiger partial charge >= 0.3 is 0 Å². The van der Waals surface area contributed by atoms with Crippen molar-refractivity contribution in [3.63, 3.8) is 0 Å². The van der Waals surface area contributed by atoms with Crippen LogP contribution >= 0.6 is 15.9 Å². The predicted octanol–water partition coefficient (Wildman–Crippen LogP) is 4.11. The molecule has 4 aliphatic carbocycles. The summed E-state index contributed by atoms with van der Waals surface area (Å²) in [7, 11) is 0. The molecular formula is C26H31BrN2O4. The molecule has 4 N–H and O–H groups in total. The Kier molecular flexibility index (Phi) is 6.25. The molecule has 1 amide bonds.